The summed E-state index contributed by atoms with van der Waals surface area (Å²) in [5.74, 6) is -0.0443. The maximum absolute atomic E-state index is 12.6. The van der Waals surface area contributed by atoms with Gasteiger partial charge in [0.1, 0.15) is 0 Å². The molecule has 0 aliphatic rings. The van der Waals surface area contributed by atoms with E-state index in [2.05, 4.69) is 5.32 Å². The summed E-state index contributed by atoms with van der Waals surface area (Å²) in [6.07, 6.45) is 7.75. The predicted octanol–water partition coefficient (Wildman–Crippen LogP) is 3.19. The Hall–Kier alpha value is -2.82. The highest BCUT2D eigenvalue weighted by Gasteiger charge is 2.11. The van der Waals surface area contributed by atoms with Crippen LogP contribution in [0.25, 0.3) is 16.7 Å². The number of carbonyl (C=O) groups is 1. The first-order valence-electron chi connectivity index (χ1n) is 8.00. The highest BCUT2D eigenvalue weighted by atomic mass is 16.2. The number of nitrogens with one attached hydrogen (secondary N) is 1. The first-order valence-corrected chi connectivity index (χ1v) is 8.00. The third kappa shape index (κ3) is 3.40. The van der Waals surface area contributed by atoms with Crippen molar-refractivity contribution in [2.24, 2.45) is 7.05 Å². The van der Waals surface area contributed by atoms with Gasteiger partial charge in [0.25, 0.3) is 0 Å². The summed E-state index contributed by atoms with van der Waals surface area (Å²) in [6.45, 7) is 5.54. The van der Waals surface area contributed by atoms with Crippen molar-refractivity contribution >= 4 is 22.6 Å². The number of carbonyl (C=O) groups excluding carboxylic acids is 1. The minimum absolute atomic E-state index is 0.0443. The van der Waals surface area contributed by atoms with Crippen LogP contribution >= 0.6 is 0 Å². The molecule has 1 aromatic heterocycles. The van der Waals surface area contributed by atoms with Crippen molar-refractivity contribution in [3.8, 4) is 0 Å². The van der Waals surface area contributed by atoms with Crippen LogP contribution in [0.4, 0.5) is 0 Å². The van der Waals surface area contributed by atoms with E-state index in [1.165, 1.54) is 0 Å². The summed E-state index contributed by atoms with van der Waals surface area (Å²) >= 11 is 0. The third-order valence-corrected chi connectivity index (χ3v) is 3.87. The van der Waals surface area contributed by atoms with Gasteiger partial charge in [0.05, 0.1) is 11.0 Å². The minimum atomic E-state index is -0.103. The lowest BCUT2D eigenvalue weighted by atomic mass is 10.2. The van der Waals surface area contributed by atoms with Gasteiger partial charge in [-0.3, -0.25) is 13.9 Å². The average molecular weight is 325 g/mol. The molecule has 0 radical (unpaired) electrons. The summed E-state index contributed by atoms with van der Waals surface area (Å²) in [6, 6.07) is 7.66. The number of para-hydroxylation sites is 2. The predicted molar refractivity (Wildman–Crippen MR) is 98.5 cm³/mol. The fourth-order valence-electron chi connectivity index (χ4n) is 2.48. The molecule has 0 atom stereocenters. The monoisotopic (exact) mass is 325 g/mol. The standard InChI is InChI=1S/C19H23N3O2/c1-5-14(20-18(23)7-3)12-13-15(6-2)22-17-11-9-8-10-16(17)21(4)19(22)24/h5-6,8-13H,7H2,1-4H3,(H,20,23)/b13-12-,14-5+,15-6+. The smallest absolute Gasteiger partial charge is 0.326 e. The van der Waals surface area contributed by atoms with Crippen LogP contribution in [0.1, 0.15) is 27.2 Å². The number of aromatic nitrogens is 2. The van der Waals surface area contributed by atoms with Crippen LogP contribution in [0, 0.1) is 0 Å². The van der Waals surface area contributed by atoms with E-state index in [0.29, 0.717) is 12.1 Å². The number of rotatable bonds is 5. The van der Waals surface area contributed by atoms with Crippen LogP contribution in [-0.2, 0) is 11.8 Å². The van der Waals surface area contributed by atoms with Gasteiger partial charge in [0.15, 0.2) is 0 Å². The number of aryl methyl sites for hydroxylation is 1. The van der Waals surface area contributed by atoms with E-state index in [-0.39, 0.29) is 11.6 Å². The number of benzene rings is 1. The van der Waals surface area contributed by atoms with Gasteiger partial charge in [0.2, 0.25) is 5.91 Å². The summed E-state index contributed by atoms with van der Waals surface area (Å²) < 4.78 is 3.29. The van der Waals surface area contributed by atoms with E-state index in [0.717, 1.165) is 16.7 Å². The molecule has 5 heteroatoms. The average Bonchev–Trinajstić information content (AvgIpc) is 2.86. The lowest BCUT2D eigenvalue weighted by Gasteiger charge is -2.06. The Morgan fingerprint density at radius 2 is 1.79 bits per heavy atom. The van der Waals surface area contributed by atoms with Gasteiger partial charge in [-0.2, -0.15) is 0 Å². The van der Waals surface area contributed by atoms with Crippen LogP contribution in [0.15, 0.2) is 59.1 Å². The second-order valence-electron chi connectivity index (χ2n) is 5.36. The molecule has 1 amide bonds. The molecule has 1 aromatic carbocycles. The number of amides is 1. The number of hydrogen-bond acceptors (Lipinski definition) is 2. The molecule has 0 aliphatic carbocycles. The van der Waals surface area contributed by atoms with Gasteiger partial charge in [-0.1, -0.05) is 31.2 Å². The van der Waals surface area contributed by atoms with E-state index >= 15 is 0 Å². The molecule has 0 fully saturated rings. The Morgan fingerprint density at radius 1 is 1.12 bits per heavy atom. The molecule has 24 heavy (non-hydrogen) atoms. The zero-order valence-corrected chi connectivity index (χ0v) is 14.5. The minimum Gasteiger partial charge on any atom is -0.326 e. The molecule has 0 saturated carbocycles. The number of fused-ring (bicyclic) bond motifs is 1. The van der Waals surface area contributed by atoms with Gasteiger partial charge in [-0.05, 0) is 38.1 Å². The maximum atomic E-state index is 12.6. The van der Waals surface area contributed by atoms with Crippen LogP contribution in [-0.4, -0.2) is 15.0 Å². The lowest BCUT2D eigenvalue weighted by Crippen LogP contribution is -2.22. The van der Waals surface area contributed by atoms with E-state index in [1.807, 2.05) is 56.3 Å². The molecular weight excluding hydrogens is 302 g/mol. The third-order valence-electron chi connectivity index (χ3n) is 3.87. The Bertz CT molecular complexity index is 895. The summed E-state index contributed by atoms with van der Waals surface area (Å²) in [5.41, 5.74) is 3.08. The van der Waals surface area contributed by atoms with Crippen molar-refractivity contribution in [1.29, 1.82) is 0 Å². The highest BCUT2D eigenvalue weighted by Crippen LogP contribution is 2.17. The van der Waals surface area contributed by atoms with Crippen LogP contribution in [0.2, 0.25) is 0 Å². The largest absolute Gasteiger partial charge is 0.333 e. The Morgan fingerprint density at radius 3 is 2.38 bits per heavy atom. The maximum Gasteiger partial charge on any atom is 0.333 e. The highest BCUT2D eigenvalue weighted by molar-refractivity contribution is 5.81. The van der Waals surface area contributed by atoms with Crippen molar-refractivity contribution in [3.05, 3.63) is 64.8 Å². The normalized spacial score (nSPS) is 13.0. The first kappa shape index (κ1) is 17.5. The molecule has 0 spiro atoms. The molecule has 126 valence electrons. The van der Waals surface area contributed by atoms with Crippen LogP contribution < -0.4 is 11.0 Å². The molecular formula is C19H23N3O2. The van der Waals surface area contributed by atoms with Crippen molar-refractivity contribution in [2.75, 3.05) is 0 Å². The number of hydrogen-bond donors (Lipinski definition) is 1. The molecule has 0 aliphatic heterocycles. The first-order chi connectivity index (χ1) is 11.5. The molecule has 2 rings (SSSR count). The van der Waals surface area contributed by atoms with Gasteiger partial charge < -0.3 is 5.32 Å². The number of imidazole rings is 1. The van der Waals surface area contributed by atoms with Gasteiger partial charge in [0, 0.05) is 24.9 Å². The molecule has 2 aromatic rings. The van der Waals surface area contributed by atoms with Crippen molar-refractivity contribution in [2.45, 2.75) is 27.2 Å². The van der Waals surface area contributed by atoms with Gasteiger partial charge in [-0.15, -0.1) is 0 Å². The van der Waals surface area contributed by atoms with Crippen LogP contribution in [0.3, 0.4) is 0 Å². The summed E-state index contributed by atoms with van der Waals surface area (Å²) in [4.78, 5) is 24.1. The lowest BCUT2D eigenvalue weighted by molar-refractivity contribution is -0.120. The topological polar surface area (TPSA) is 56.0 Å². The summed E-state index contributed by atoms with van der Waals surface area (Å²) in [5, 5.41) is 2.82. The van der Waals surface area contributed by atoms with E-state index < -0.39 is 0 Å². The van der Waals surface area contributed by atoms with E-state index in [9.17, 15) is 9.59 Å². The molecule has 1 N–H and O–H groups in total. The SMILES string of the molecule is C\C=C(/C=C\C(=C/C)n1c(=O)n(C)c2ccccc21)NC(=O)CC. The van der Waals surface area contributed by atoms with Gasteiger partial charge in [-0.25, -0.2) is 4.79 Å². The molecule has 0 unspecified atom stereocenters. The second kappa shape index (κ2) is 7.64. The van der Waals surface area contributed by atoms with Crippen molar-refractivity contribution < 1.29 is 4.79 Å². The Kier molecular flexibility index (Phi) is 5.58. The Labute approximate surface area is 141 Å². The molecule has 1 heterocycles. The van der Waals surface area contributed by atoms with Crippen molar-refractivity contribution in [3.63, 3.8) is 0 Å². The number of allylic oxidation sites excluding steroid dienone is 5. The quantitative estimate of drug-likeness (QED) is 0.858. The van der Waals surface area contributed by atoms with Gasteiger partial charge >= 0.3 is 5.69 Å². The fourth-order valence-corrected chi connectivity index (χ4v) is 2.48. The second-order valence-corrected chi connectivity index (χ2v) is 5.36. The number of nitrogens with zero attached hydrogens (tertiary/aromatic N) is 2. The molecule has 5 nitrogen and oxygen atoms in total. The molecule has 0 bridgehead atoms. The van der Waals surface area contributed by atoms with Crippen molar-refractivity contribution in [1.82, 2.24) is 14.5 Å². The zero-order chi connectivity index (χ0) is 17.7. The summed E-state index contributed by atoms with van der Waals surface area (Å²) in [7, 11) is 1.76. The Balaban J connectivity index is 2.44. The van der Waals surface area contributed by atoms with E-state index in [4.69, 9.17) is 0 Å². The van der Waals surface area contributed by atoms with Crippen LogP contribution in [0.5, 0.6) is 0 Å². The molecule has 0 saturated heterocycles. The van der Waals surface area contributed by atoms with E-state index in [1.54, 1.807) is 29.2 Å². The fraction of sp³-hybridized carbons (Fsp3) is 0.263. The zero-order valence-electron chi connectivity index (χ0n) is 14.5.